The minimum absolute atomic E-state index is 0.293. The van der Waals surface area contributed by atoms with Gasteiger partial charge in [-0.05, 0) is 42.0 Å². The van der Waals surface area contributed by atoms with Gasteiger partial charge in [0, 0.05) is 17.5 Å². The van der Waals surface area contributed by atoms with E-state index in [1.54, 1.807) is 26.4 Å². The highest BCUT2D eigenvalue weighted by Gasteiger charge is 2.20. The molecule has 1 N–H and O–H groups in total. The highest BCUT2D eigenvalue weighted by atomic mass is 32.1. The highest BCUT2D eigenvalue weighted by molar-refractivity contribution is 7.80. The van der Waals surface area contributed by atoms with Crippen LogP contribution in [0.1, 0.15) is 16.7 Å². The molecule has 0 aliphatic carbocycles. The van der Waals surface area contributed by atoms with Crippen molar-refractivity contribution in [3.05, 3.63) is 58.9 Å². The second-order valence-corrected chi connectivity index (χ2v) is 5.54. The van der Waals surface area contributed by atoms with Gasteiger partial charge in [0.1, 0.15) is 10.8 Å². The molecule has 0 amide bonds. The third-order valence-corrected chi connectivity index (χ3v) is 3.86. The van der Waals surface area contributed by atoms with Gasteiger partial charge in [0.2, 0.25) is 0 Å². The summed E-state index contributed by atoms with van der Waals surface area (Å²) in [6, 6.07) is 9.94. The van der Waals surface area contributed by atoms with Gasteiger partial charge in [-0.3, -0.25) is 5.43 Å². The van der Waals surface area contributed by atoms with Crippen LogP contribution in [-0.2, 0) is 6.42 Å². The van der Waals surface area contributed by atoms with E-state index in [1.807, 2.05) is 12.1 Å². The van der Waals surface area contributed by atoms with Gasteiger partial charge in [0.25, 0.3) is 0 Å². The van der Waals surface area contributed by atoms with Crippen molar-refractivity contribution in [1.82, 2.24) is 5.43 Å². The molecule has 0 bridgehead atoms. The first kappa shape index (κ1) is 15.4. The molecule has 118 valence electrons. The van der Waals surface area contributed by atoms with Crippen LogP contribution < -0.4 is 14.9 Å². The van der Waals surface area contributed by atoms with Gasteiger partial charge in [-0.25, -0.2) is 4.39 Å². The Kier molecular flexibility index (Phi) is 4.25. The summed E-state index contributed by atoms with van der Waals surface area (Å²) in [4.78, 5) is 0.607. The van der Waals surface area contributed by atoms with Crippen molar-refractivity contribution >= 4 is 22.9 Å². The Bertz CT molecular complexity index is 788. The Morgan fingerprint density at radius 3 is 2.39 bits per heavy atom. The van der Waals surface area contributed by atoms with Crippen LogP contribution in [0.4, 0.5) is 4.39 Å². The number of hydrogen-bond acceptors (Lipinski definition) is 4. The zero-order valence-electron chi connectivity index (χ0n) is 12.7. The molecule has 0 spiro atoms. The van der Waals surface area contributed by atoms with Gasteiger partial charge in [-0.1, -0.05) is 12.2 Å². The van der Waals surface area contributed by atoms with Gasteiger partial charge < -0.3 is 9.47 Å². The Morgan fingerprint density at radius 2 is 1.74 bits per heavy atom. The molecule has 1 aliphatic heterocycles. The van der Waals surface area contributed by atoms with Crippen LogP contribution in [0, 0.1) is 5.82 Å². The molecule has 6 heteroatoms. The lowest BCUT2D eigenvalue weighted by Gasteiger charge is -2.14. The van der Waals surface area contributed by atoms with Gasteiger partial charge in [0.15, 0.2) is 11.5 Å². The van der Waals surface area contributed by atoms with Crippen LogP contribution in [0.2, 0.25) is 0 Å². The Morgan fingerprint density at radius 1 is 1.09 bits per heavy atom. The predicted octanol–water partition coefficient (Wildman–Crippen LogP) is 3.07. The van der Waals surface area contributed by atoms with E-state index in [9.17, 15) is 4.39 Å². The molecule has 1 aliphatic rings. The van der Waals surface area contributed by atoms with Crippen LogP contribution in [0.5, 0.6) is 11.5 Å². The fraction of sp³-hybridized carbons (Fsp3) is 0.176. The Labute approximate surface area is 138 Å². The summed E-state index contributed by atoms with van der Waals surface area (Å²) in [7, 11) is 3.17. The number of rotatable bonds is 3. The number of ether oxygens (including phenoxy) is 2. The van der Waals surface area contributed by atoms with Crippen molar-refractivity contribution < 1.29 is 13.9 Å². The SMILES string of the molecule is COc1cc2c(cc1OC)C(c1ccc(F)cc1)=NNC(=S)C2. The van der Waals surface area contributed by atoms with Crippen LogP contribution in [0.3, 0.4) is 0 Å². The number of nitrogens with zero attached hydrogens (tertiary/aromatic N) is 1. The summed E-state index contributed by atoms with van der Waals surface area (Å²) in [5.74, 6) is 0.947. The summed E-state index contributed by atoms with van der Waals surface area (Å²) < 4.78 is 23.9. The van der Waals surface area contributed by atoms with Gasteiger partial charge >= 0.3 is 0 Å². The van der Waals surface area contributed by atoms with E-state index >= 15 is 0 Å². The third kappa shape index (κ3) is 3.03. The average Bonchev–Trinajstić information content (AvgIpc) is 2.72. The second-order valence-electron chi connectivity index (χ2n) is 5.04. The lowest BCUT2D eigenvalue weighted by atomic mass is 9.95. The number of hydrogen-bond donors (Lipinski definition) is 1. The molecule has 0 saturated carbocycles. The van der Waals surface area contributed by atoms with Crippen LogP contribution >= 0.6 is 12.2 Å². The van der Waals surface area contributed by atoms with Crippen molar-refractivity contribution in [3.8, 4) is 11.5 Å². The molecule has 3 rings (SSSR count). The minimum Gasteiger partial charge on any atom is -0.493 e. The van der Waals surface area contributed by atoms with E-state index in [-0.39, 0.29) is 5.82 Å². The minimum atomic E-state index is -0.293. The molecule has 2 aromatic rings. The van der Waals surface area contributed by atoms with Gasteiger partial charge in [0.05, 0.1) is 19.9 Å². The van der Waals surface area contributed by atoms with Gasteiger partial charge in [-0.15, -0.1) is 0 Å². The molecular formula is C17H15FN2O2S. The zero-order valence-corrected chi connectivity index (χ0v) is 13.5. The monoisotopic (exact) mass is 330 g/mol. The lowest BCUT2D eigenvalue weighted by molar-refractivity contribution is 0.354. The largest absolute Gasteiger partial charge is 0.493 e. The second kappa shape index (κ2) is 6.34. The normalized spacial score (nSPS) is 13.5. The van der Waals surface area contributed by atoms with E-state index in [2.05, 4.69) is 10.5 Å². The summed E-state index contributed by atoms with van der Waals surface area (Å²) in [6.07, 6.45) is 0.541. The number of benzene rings is 2. The van der Waals surface area contributed by atoms with Crippen LogP contribution in [-0.4, -0.2) is 24.9 Å². The first-order chi connectivity index (χ1) is 11.1. The van der Waals surface area contributed by atoms with E-state index in [0.29, 0.717) is 28.6 Å². The number of thiocarbonyl (C=S) groups is 1. The fourth-order valence-corrected chi connectivity index (χ4v) is 2.71. The lowest BCUT2D eigenvalue weighted by Crippen LogP contribution is -2.16. The third-order valence-electron chi connectivity index (χ3n) is 3.63. The molecule has 1 heterocycles. The molecule has 0 aromatic heterocycles. The number of halogens is 1. The molecule has 0 unspecified atom stereocenters. The number of methoxy groups -OCH3 is 2. The van der Waals surface area contributed by atoms with E-state index in [1.165, 1.54) is 12.1 Å². The Hall–Kier alpha value is -2.47. The van der Waals surface area contributed by atoms with Gasteiger partial charge in [-0.2, -0.15) is 5.10 Å². The standard InChI is InChI=1S/C17H15FN2O2S/c1-21-14-7-11-8-16(23)19-20-17(13(11)9-15(14)22-2)10-3-5-12(18)6-4-10/h3-7,9H,8H2,1-2H3,(H,19,23). The zero-order chi connectivity index (χ0) is 16.4. The molecule has 23 heavy (non-hydrogen) atoms. The average molecular weight is 330 g/mol. The van der Waals surface area contributed by atoms with Crippen molar-refractivity contribution in [1.29, 1.82) is 0 Å². The predicted molar refractivity (Wildman–Crippen MR) is 91.0 cm³/mol. The van der Waals surface area contributed by atoms with Crippen molar-refractivity contribution in [2.45, 2.75) is 6.42 Å². The van der Waals surface area contributed by atoms with Crippen molar-refractivity contribution in [2.24, 2.45) is 5.10 Å². The van der Waals surface area contributed by atoms with Crippen molar-refractivity contribution in [3.63, 3.8) is 0 Å². The maximum Gasteiger partial charge on any atom is 0.161 e. The van der Waals surface area contributed by atoms with Crippen LogP contribution in [0.15, 0.2) is 41.5 Å². The maximum absolute atomic E-state index is 13.2. The summed E-state index contributed by atoms with van der Waals surface area (Å²) in [5.41, 5.74) is 6.19. The smallest absolute Gasteiger partial charge is 0.161 e. The van der Waals surface area contributed by atoms with E-state index in [4.69, 9.17) is 21.7 Å². The van der Waals surface area contributed by atoms with E-state index in [0.717, 1.165) is 16.7 Å². The quantitative estimate of drug-likeness (QED) is 0.879. The maximum atomic E-state index is 13.2. The summed E-state index contributed by atoms with van der Waals surface area (Å²) >= 11 is 5.28. The highest BCUT2D eigenvalue weighted by Crippen LogP contribution is 2.33. The molecule has 2 aromatic carbocycles. The Balaban J connectivity index is 2.19. The number of fused-ring (bicyclic) bond motifs is 1. The molecule has 0 atom stereocenters. The number of nitrogens with one attached hydrogen (secondary N) is 1. The molecule has 4 nitrogen and oxygen atoms in total. The molecule has 0 fully saturated rings. The first-order valence-corrected chi connectivity index (χ1v) is 7.41. The number of hydrazone groups is 1. The molecule has 0 radical (unpaired) electrons. The summed E-state index contributed by atoms with van der Waals surface area (Å²) in [6.45, 7) is 0. The molecule has 0 saturated heterocycles. The molecular weight excluding hydrogens is 315 g/mol. The van der Waals surface area contributed by atoms with E-state index < -0.39 is 0 Å². The van der Waals surface area contributed by atoms with Crippen LogP contribution in [0.25, 0.3) is 0 Å². The first-order valence-electron chi connectivity index (χ1n) is 7.00. The summed E-state index contributed by atoms with van der Waals surface area (Å²) in [5, 5.41) is 4.38. The fourth-order valence-electron chi connectivity index (χ4n) is 2.51. The van der Waals surface area contributed by atoms with Crippen molar-refractivity contribution in [2.75, 3.05) is 14.2 Å². The topological polar surface area (TPSA) is 42.9 Å².